The molecule has 3 N–H and O–H groups in total. The topological polar surface area (TPSA) is 79.2 Å². The second-order valence-electron chi connectivity index (χ2n) is 4.40. The Bertz CT molecular complexity index is 450. The van der Waals surface area contributed by atoms with Gasteiger partial charge in [-0.3, -0.25) is 0 Å². The largest absolute Gasteiger partial charge is 0.387 e. The lowest BCUT2D eigenvalue weighted by Crippen LogP contribution is -2.34. The van der Waals surface area contributed by atoms with Crippen molar-refractivity contribution in [3.8, 4) is 12.3 Å². The fourth-order valence-corrected chi connectivity index (χ4v) is 1.86. The van der Waals surface area contributed by atoms with Gasteiger partial charge < -0.3 is 24.8 Å². The fourth-order valence-electron chi connectivity index (χ4n) is 1.86. The van der Waals surface area contributed by atoms with Crippen molar-refractivity contribution < 1.29 is 24.8 Å². The monoisotopic (exact) mass is 264 g/mol. The number of aliphatic hydroxyl groups is 3. The first-order chi connectivity index (χ1) is 9.11. The smallest absolute Gasteiger partial charge is 0.184 e. The summed E-state index contributed by atoms with van der Waals surface area (Å²) in [7, 11) is 0. The zero-order valence-corrected chi connectivity index (χ0v) is 10.3. The molecule has 0 amide bonds. The second-order valence-corrected chi connectivity index (χ2v) is 4.40. The summed E-state index contributed by atoms with van der Waals surface area (Å²) in [6.07, 6.45) is 0.733. The molecule has 1 aliphatic heterocycles. The van der Waals surface area contributed by atoms with Gasteiger partial charge in [-0.1, -0.05) is 18.1 Å². The Kier molecular flexibility index (Phi) is 4.53. The van der Waals surface area contributed by atoms with Crippen LogP contribution in [0.15, 0.2) is 24.3 Å². The van der Waals surface area contributed by atoms with E-state index in [4.69, 9.17) is 15.9 Å². The van der Waals surface area contributed by atoms with Crippen molar-refractivity contribution in [2.75, 3.05) is 6.61 Å². The van der Waals surface area contributed by atoms with Crippen LogP contribution < -0.4 is 0 Å². The molecule has 19 heavy (non-hydrogen) atoms. The second kappa shape index (κ2) is 6.15. The molecule has 2 rings (SSSR count). The fraction of sp³-hybridized carbons (Fsp3) is 0.429. The van der Waals surface area contributed by atoms with Crippen molar-refractivity contribution >= 4 is 0 Å². The van der Waals surface area contributed by atoms with Crippen molar-refractivity contribution in [2.24, 2.45) is 0 Å². The third-order valence-electron chi connectivity index (χ3n) is 3.01. The lowest BCUT2D eigenvalue weighted by atomic mass is 10.1. The van der Waals surface area contributed by atoms with E-state index < -0.39 is 24.6 Å². The van der Waals surface area contributed by atoms with Gasteiger partial charge in [-0.15, -0.1) is 6.42 Å². The minimum atomic E-state index is -1.36. The van der Waals surface area contributed by atoms with E-state index in [9.17, 15) is 15.3 Å². The minimum Gasteiger partial charge on any atom is -0.387 e. The van der Waals surface area contributed by atoms with E-state index >= 15 is 0 Å². The molecule has 0 saturated carbocycles. The van der Waals surface area contributed by atoms with Crippen molar-refractivity contribution in [1.29, 1.82) is 0 Å². The summed E-state index contributed by atoms with van der Waals surface area (Å²) in [5.74, 6) is 2.52. The Morgan fingerprint density at radius 2 is 1.84 bits per heavy atom. The molecule has 5 nitrogen and oxygen atoms in total. The number of hydrogen-bond donors (Lipinski definition) is 3. The van der Waals surface area contributed by atoms with Gasteiger partial charge in [0.1, 0.15) is 18.3 Å². The van der Waals surface area contributed by atoms with E-state index in [1.54, 1.807) is 0 Å². The summed E-state index contributed by atoms with van der Waals surface area (Å²) in [5.41, 5.74) is 1.73. The predicted molar refractivity (Wildman–Crippen MR) is 66.9 cm³/mol. The maximum absolute atomic E-state index is 9.56. The molecular formula is C14H16O5. The Balaban J connectivity index is 1.79. The Labute approximate surface area is 111 Å². The average Bonchev–Trinajstić information content (AvgIpc) is 2.67. The summed E-state index contributed by atoms with van der Waals surface area (Å²) >= 11 is 0. The maximum Gasteiger partial charge on any atom is 0.184 e. The van der Waals surface area contributed by atoms with Crippen molar-refractivity contribution in [1.82, 2.24) is 0 Å². The molecule has 1 saturated heterocycles. The van der Waals surface area contributed by atoms with Gasteiger partial charge in [0.15, 0.2) is 6.29 Å². The number of terminal acetylenes is 1. The molecule has 0 radical (unpaired) electrons. The van der Waals surface area contributed by atoms with E-state index in [1.807, 2.05) is 24.3 Å². The van der Waals surface area contributed by atoms with Gasteiger partial charge in [0.05, 0.1) is 13.2 Å². The normalized spacial score (nSPS) is 30.2. The summed E-state index contributed by atoms with van der Waals surface area (Å²) < 4.78 is 10.3. The van der Waals surface area contributed by atoms with Gasteiger partial charge in [0, 0.05) is 5.56 Å². The van der Waals surface area contributed by atoms with Crippen LogP contribution >= 0.6 is 0 Å². The van der Waals surface area contributed by atoms with Gasteiger partial charge in [-0.25, -0.2) is 0 Å². The van der Waals surface area contributed by atoms with Crippen molar-refractivity contribution in [3.63, 3.8) is 0 Å². The van der Waals surface area contributed by atoms with Crippen molar-refractivity contribution in [3.05, 3.63) is 35.4 Å². The van der Waals surface area contributed by atoms with Crippen LogP contribution in [0, 0.1) is 12.3 Å². The standard InChI is InChI=1S/C14H16O5/c1-2-9-3-5-10(6-4-9)7-18-8-11-12(15)13(16)14(17)19-11/h1,3-6,11-17H,7-8H2/t11-,12-,13+,14?/m1/s1. The molecule has 102 valence electrons. The van der Waals surface area contributed by atoms with Crippen LogP contribution in [0.2, 0.25) is 0 Å². The number of benzene rings is 1. The van der Waals surface area contributed by atoms with Gasteiger partial charge in [0.25, 0.3) is 0 Å². The first-order valence-corrected chi connectivity index (χ1v) is 5.95. The summed E-state index contributed by atoms with van der Waals surface area (Å²) in [6, 6.07) is 7.33. The molecule has 1 aliphatic rings. The van der Waals surface area contributed by atoms with Crippen molar-refractivity contribution in [2.45, 2.75) is 31.2 Å². The SMILES string of the molecule is C#Cc1ccc(COC[C@H]2OC(O)[C@@H](O)[C@@H]2O)cc1. The zero-order valence-electron chi connectivity index (χ0n) is 10.3. The highest BCUT2D eigenvalue weighted by molar-refractivity contribution is 5.33. The van der Waals surface area contributed by atoms with E-state index in [-0.39, 0.29) is 6.61 Å². The highest BCUT2D eigenvalue weighted by Crippen LogP contribution is 2.20. The van der Waals surface area contributed by atoms with Crippen LogP contribution in [0.25, 0.3) is 0 Å². The highest BCUT2D eigenvalue weighted by atomic mass is 16.7. The van der Waals surface area contributed by atoms with E-state index in [1.165, 1.54) is 0 Å². The lowest BCUT2D eigenvalue weighted by Gasteiger charge is -2.14. The summed E-state index contributed by atoms with van der Waals surface area (Å²) in [6.45, 7) is 0.426. The Morgan fingerprint density at radius 1 is 1.16 bits per heavy atom. The molecule has 1 aromatic rings. The molecule has 0 aliphatic carbocycles. The predicted octanol–water partition coefficient (Wildman–Crippen LogP) is -0.377. The number of ether oxygens (including phenoxy) is 2. The van der Waals surface area contributed by atoms with E-state index in [0.717, 1.165) is 11.1 Å². The molecule has 1 heterocycles. The Hall–Kier alpha value is -1.42. The molecule has 5 heteroatoms. The van der Waals surface area contributed by atoms with Gasteiger partial charge in [-0.05, 0) is 17.7 Å². The summed E-state index contributed by atoms with van der Waals surface area (Å²) in [5, 5.41) is 28.1. The molecule has 0 spiro atoms. The van der Waals surface area contributed by atoms with E-state index in [0.29, 0.717) is 6.61 Å². The Morgan fingerprint density at radius 3 is 2.37 bits per heavy atom. The molecule has 1 aromatic carbocycles. The van der Waals surface area contributed by atoms with Crippen LogP contribution in [0.4, 0.5) is 0 Å². The number of aliphatic hydroxyl groups excluding tert-OH is 3. The molecule has 4 atom stereocenters. The van der Waals surface area contributed by atoms with Crippen LogP contribution in [0.5, 0.6) is 0 Å². The quantitative estimate of drug-likeness (QED) is 0.646. The first-order valence-electron chi connectivity index (χ1n) is 5.95. The van der Waals surface area contributed by atoms with Gasteiger partial charge in [-0.2, -0.15) is 0 Å². The van der Waals surface area contributed by atoms with Crippen LogP contribution in [0.1, 0.15) is 11.1 Å². The molecule has 0 aromatic heterocycles. The molecule has 1 fully saturated rings. The average molecular weight is 264 g/mol. The maximum atomic E-state index is 9.56. The third kappa shape index (κ3) is 3.32. The van der Waals surface area contributed by atoms with E-state index in [2.05, 4.69) is 5.92 Å². The highest BCUT2D eigenvalue weighted by Gasteiger charge is 2.41. The molecule has 0 bridgehead atoms. The first kappa shape index (κ1) is 14.0. The number of hydrogen-bond acceptors (Lipinski definition) is 5. The zero-order chi connectivity index (χ0) is 13.8. The van der Waals surface area contributed by atoms with Crippen LogP contribution in [-0.2, 0) is 16.1 Å². The van der Waals surface area contributed by atoms with Crippen LogP contribution in [-0.4, -0.2) is 46.5 Å². The molecule has 1 unspecified atom stereocenters. The summed E-state index contributed by atoms with van der Waals surface area (Å²) in [4.78, 5) is 0. The van der Waals surface area contributed by atoms with Gasteiger partial charge >= 0.3 is 0 Å². The third-order valence-corrected chi connectivity index (χ3v) is 3.01. The molecular weight excluding hydrogens is 248 g/mol. The van der Waals surface area contributed by atoms with Crippen LogP contribution in [0.3, 0.4) is 0 Å². The lowest BCUT2D eigenvalue weighted by molar-refractivity contribution is -0.137. The number of rotatable bonds is 4. The minimum absolute atomic E-state index is 0.0895. The van der Waals surface area contributed by atoms with Gasteiger partial charge in [0.2, 0.25) is 0 Å².